The fourth-order valence-corrected chi connectivity index (χ4v) is 3.07. The fourth-order valence-electron chi connectivity index (χ4n) is 3.07. The van der Waals surface area contributed by atoms with E-state index in [4.69, 9.17) is 0 Å². The van der Waals surface area contributed by atoms with Crippen molar-refractivity contribution >= 4 is 5.91 Å². The molecule has 5 heteroatoms. The Hall–Kier alpha value is -1.49. The summed E-state index contributed by atoms with van der Waals surface area (Å²) >= 11 is 0. The maximum atomic E-state index is 14.1. The zero-order chi connectivity index (χ0) is 15.4. The number of halogens is 2. The zero-order valence-corrected chi connectivity index (χ0v) is 12.5. The van der Waals surface area contributed by atoms with Crippen LogP contribution in [0.25, 0.3) is 0 Å². The molecule has 1 N–H and O–H groups in total. The molecular weight excluding hydrogens is 274 g/mol. The summed E-state index contributed by atoms with van der Waals surface area (Å²) in [5, 5.41) is 3.25. The van der Waals surface area contributed by atoms with Crippen molar-refractivity contribution in [1.29, 1.82) is 0 Å². The number of nitrogens with zero attached hydrogens (tertiary/aromatic N) is 1. The van der Waals surface area contributed by atoms with Crippen LogP contribution < -0.4 is 5.32 Å². The van der Waals surface area contributed by atoms with Crippen molar-refractivity contribution in [2.24, 2.45) is 5.92 Å². The average molecular weight is 294 g/mol. The first-order chi connectivity index (χ1) is 9.87. The lowest BCUT2D eigenvalue weighted by molar-refractivity contribution is -0.133. The summed E-state index contributed by atoms with van der Waals surface area (Å²) in [5.41, 5.74) is -0.352. The summed E-state index contributed by atoms with van der Waals surface area (Å²) in [6.45, 7) is 5.86. The van der Waals surface area contributed by atoms with Gasteiger partial charge in [-0.15, -0.1) is 0 Å². The van der Waals surface area contributed by atoms with Crippen molar-refractivity contribution in [3.63, 3.8) is 0 Å². The highest BCUT2D eigenvalue weighted by Crippen LogP contribution is 2.44. The maximum absolute atomic E-state index is 14.1. The second-order valence-electron chi connectivity index (χ2n) is 6.39. The Bertz CT molecular complexity index is 592. The Kier molecular flexibility index (Phi) is 3.28. The minimum Gasteiger partial charge on any atom is -0.318 e. The Balaban J connectivity index is 2.00. The second-order valence-corrected chi connectivity index (χ2v) is 6.39. The number of hydrogen-bond donors (Lipinski definition) is 1. The van der Waals surface area contributed by atoms with E-state index in [1.807, 2.05) is 13.8 Å². The molecule has 114 valence electrons. The van der Waals surface area contributed by atoms with Crippen molar-refractivity contribution < 1.29 is 13.6 Å². The number of rotatable bonds is 3. The minimum absolute atomic E-state index is 0.00748. The van der Waals surface area contributed by atoms with Crippen LogP contribution >= 0.6 is 0 Å². The minimum atomic E-state index is -0.687. The summed E-state index contributed by atoms with van der Waals surface area (Å²) in [6.07, 6.45) is 1.05. The molecule has 0 spiro atoms. The molecule has 0 aromatic heterocycles. The van der Waals surface area contributed by atoms with E-state index in [2.05, 4.69) is 12.2 Å². The van der Waals surface area contributed by atoms with Gasteiger partial charge in [0.1, 0.15) is 17.8 Å². The van der Waals surface area contributed by atoms with E-state index < -0.39 is 23.3 Å². The van der Waals surface area contributed by atoms with Crippen LogP contribution in [0.1, 0.15) is 45.3 Å². The highest BCUT2D eigenvalue weighted by atomic mass is 19.1. The van der Waals surface area contributed by atoms with Gasteiger partial charge in [0, 0.05) is 17.7 Å². The van der Waals surface area contributed by atoms with E-state index in [-0.39, 0.29) is 11.9 Å². The van der Waals surface area contributed by atoms with Gasteiger partial charge in [0.15, 0.2) is 0 Å². The van der Waals surface area contributed by atoms with E-state index >= 15 is 0 Å². The SMILES string of the molecule is CCC1(C)NC(c2ccc(F)cc2F)N(C2CC2C)C1=O. The summed E-state index contributed by atoms with van der Waals surface area (Å²) in [5.74, 6) is -0.779. The Morgan fingerprint density at radius 2 is 2.10 bits per heavy atom. The van der Waals surface area contributed by atoms with Crippen LogP contribution in [0.15, 0.2) is 18.2 Å². The molecule has 2 fully saturated rings. The normalized spacial score (nSPS) is 35.4. The van der Waals surface area contributed by atoms with Crippen molar-refractivity contribution in [3.05, 3.63) is 35.4 Å². The molecular formula is C16H20F2N2O. The summed E-state index contributed by atoms with van der Waals surface area (Å²) in [6, 6.07) is 3.68. The molecule has 1 aliphatic heterocycles. The number of nitrogens with one attached hydrogen (secondary N) is 1. The third kappa shape index (κ3) is 2.24. The molecule has 1 saturated heterocycles. The highest BCUT2D eigenvalue weighted by molar-refractivity contribution is 5.89. The molecule has 2 aliphatic rings. The molecule has 1 aliphatic carbocycles. The predicted octanol–water partition coefficient (Wildman–Crippen LogP) is 2.97. The summed E-state index contributed by atoms with van der Waals surface area (Å²) in [4.78, 5) is 14.5. The largest absolute Gasteiger partial charge is 0.318 e. The van der Waals surface area contributed by atoms with Gasteiger partial charge in [0.25, 0.3) is 0 Å². The van der Waals surface area contributed by atoms with E-state index in [1.165, 1.54) is 12.1 Å². The average Bonchev–Trinajstić information content (AvgIpc) is 3.07. The van der Waals surface area contributed by atoms with Gasteiger partial charge < -0.3 is 4.90 Å². The maximum Gasteiger partial charge on any atom is 0.244 e. The van der Waals surface area contributed by atoms with Gasteiger partial charge in [0.2, 0.25) is 5.91 Å². The molecule has 21 heavy (non-hydrogen) atoms. The van der Waals surface area contributed by atoms with Gasteiger partial charge in [-0.3, -0.25) is 10.1 Å². The Morgan fingerprint density at radius 1 is 1.43 bits per heavy atom. The standard InChI is InChI=1S/C16H20F2N2O/c1-4-16(3)15(21)20(13-7-9(13)2)14(19-16)11-6-5-10(17)8-12(11)18/h5-6,8-9,13-14,19H,4,7H2,1-3H3. The van der Waals surface area contributed by atoms with E-state index in [9.17, 15) is 13.6 Å². The van der Waals surface area contributed by atoms with Crippen LogP contribution in [-0.4, -0.2) is 22.4 Å². The van der Waals surface area contributed by atoms with Crippen molar-refractivity contribution in [3.8, 4) is 0 Å². The van der Waals surface area contributed by atoms with Crippen LogP contribution in [0.4, 0.5) is 8.78 Å². The van der Waals surface area contributed by atoms with Crippen LogP contribution in [0.5, 0.6) is 0 Å². The lowest BCUT2D eigenvalue weighted by Gasteiger charge is -2.25. The second kappa shape index (κ2) is 4.77. The quantitative estimate of drug-likeness (QED) is 0.929. The molecule has 0 radical (unpaired) electrons. The molecule has 3 nitrogen and oxygen atoms in total. The molecule has 3 rings (SSSR count). The summed E-state index contributed by atoms with van der Waals surface area (Å²) in [7, 11) is 0. The molecule has 1 heterocycles. The van der Waals surface area contributed by atoms with Crippen LogP contribution in [0.3, 0.4) is 0 Å². The van der Waals surface area contributed by atoms with Crippen LogP contribution in [0.2, 0.25) is 0 Å². The van der Waals surface area contributed by atoms with Gasteiger partial charge in [-0.05, 0) is 37.8 Å². The number of carbonyl (C=O) groups is 1. The van der Waals surface area contributed by atoms with E-state index in [0.717, 1.165) is 12.5 Å². The third-order valence-corrected chi connectivity index (χ3v) is 4.83. The lowest BCUT2D eigenvalue weighted by atomic mass is 9.99. The van der Waals surface area contributed by atoms with Crippen molar-refractivity contribution in [2.75, 3.05) is 0 Å². The zero-order valence-electron chi connectivity index (χ0n) is 12.5. The van der Waals surface area contributed by atoms with Gasteiger partial charge in [-0.1, -0.05) is 13.8 Å². The first kappa shape index (κ1) is 14.4. The fraction of sp³-hybridized carbons (Fsp3) is 0.562. The first-order valence-corrected chi connectivity index (χ1v) is 7.43. The van der Waals surface area contributed by atoms with Crippen molar-refractivity contribution in [2.45, 2.75) is 51.4 Å². The Labute approximate surface area is 123 Å². The monoisotopic (exact) mass is 294 g/mol. The van der Waals surface area contributed by atoms with Crippen molar-refractivity contribution in [1.82, 2.24) is 10.2 Å². The van der Waals surface area contributed by atoms with Crippen LogP contribution in [-0.2, 0) is 4.79 Å². The molecule has 4 atom stereocenters. The number of benzene rings is 1. The smallest absolute Gasteiger partial charge is 0.244 e. The van der Waals surface area contributed by atoms with Gasteiger partial charge in [-0.2, -0.15) is 0 Å². The topological polar surface area (TPSA) is 32.3 Å². The first-order valence-electron chi connectivity index (χ1n) is 7.43. The molecule has 1 amide bonds. The highest BCUT2D eigenvalue weighted by Gasteiger charge is 2.54. The molecule has 1 aromatic carbocycles. The van der Waals surface area contributed by atoms with Crippen LogP contribution in [0, 0.1) is 17.6 Å². The van der Waals surface area contributed by atoms with Gasteiger partial charge in [-0.25, -0.2) is 8.78 Å². The molecule has 4 unspecified atom stereocenters. The Morgan fingerprint density at radius 3 is 2.62 bits per heavy atom. The summed E-state index contributed by atoms with van der Waals surface area (Å²) < 4.78 is 27.2. The van der Waals surface area contributed by atoms with Gasteiger partial charge >= 0.3 is 0 Å². The predicted molar refractivity (Wildman–Crippen MR) is 75.3 cm³/mol. The molecule has 0 bridgehead atoms. The number of carbonyl (C=O) groups excluding carboxylic acids is 1. The number of amides is 1. The van der Waals surface area contributed by atoms with E-state index in [0.29, 0.717) is 17.9 Å². The number of hydrogen-bond acceptors (Lipinski definition) is 2. The van der Waals surface area contributed by atoms with Gasteiger partial charge in [0.05, 0.1) is 5.54 Å². The van der Waals surface area contributed by atoms with E-state index in [1.54, 1.807) is 4.90 Å². The molecule has 1 saturated carbocycles. The lowest BCUT2D eigenvalue weighted by Crippen LogP contribution is -2.43. The third-order valence-electron chi connectivity index (χ3n) is 4.83. The molecule has 1 aromatic rings.